The number of ketones is 1. The number of aromatic amines is 1. The zero-order valence-corrected chi connectivity index (χ0v) is 15.9. The number of fused-ring (bicyclic) bond motifs is 1. The molecule has 4 rings (SSSR count). The fourth-order valence-corrected chi connectivity index (χ4v) is 4.16. The fourth-order valence-electron chi connectivity index (χ4n) is 4.03. The van der Waals surface area contributed by atoms with E-state index in [2.05, 4.69) is 33.0 Å². The maximum atomic E-state index is 12.5. The fraction of sp³-hybridized carbons (Fsp3) is 0.476. The lowest BCUT2D eigenvalue weighted by Gasteiger charge is -2.36. The number of nitrogens with zero attached hydrogens (tertiary/aromatic N) is 2. The molecule has 0 spiro atoms. The number of aromatic nitrogens is 1. The minimum Gasteiger partial charge on any atom is -0.369 e. The highest BCUT2D eigenvalue weighted by Gasteiger charge is 2.20. The van der Waals surface area contributed by atoms with Gasteiger partial charge in [0.25, 0.3) is 0 Å². The Balaban J connectivity index is 1.26. The number of carbonyl (C=O) groups excluding carboxylic acids is 1. The molecule has 5 heteroatoms. The molecule has 0 amide bonds. The van der Waals surface area contributed by atoms with Crippen LogP contribution in [0.1, 0.15) is 41.0 Å². The van der Waals surface area contributed by atoms with Crippen LogP contribution in [-0.4, -0.2) is 48.4 Å². The van der Waals surface area contributed by atoms with Crippen molar-refractivity contribution in [2.24, 2.45) is 0 Å². The molecule has 2 aliphatic rings. The molecule has 0 saturated carbocycles. The molecule has 1 saturated heterocycles. The Morgan fingerprint density at radius 2 is 1.77 bits per heavy atom. The second-order valence-electron chi connectivity index (χ2n) is 7.37. The summed E-state index contributed by atoms with van der Waals surface area (Å²) >= 11 is 5.97. The average molecular weight is 372 g/mol. The van der Waals surface area contributed by atoms with E-state index in [1.54, 1.807) is 0 Å². The van der Waals surface area contributed by atoms with Crippen LogP contribution in [-0.2, 0) is 12.8 Å². The van der Waals surface area contributed by atoms with Crippen molar-refractivity contribution < 1.29 is 4.79 Å². The van der Waals surface area contributed by atoms with Gasteiger partial charge in [0, 0.05) is 55.5 Å². The molecule has 4 nitrogen and oxygen atoms in total. The molecular weight excluding hydrogens is 346 g/mol. The topological polar surface area (TPSA) is 39.3 Å². The third-order valence-corrected chi connectivity index (χ3v) is 5.89. The average Bonchev–Trinajstić information content (AvgIpc) is 3.11. The van der Waals surface area contributed by atoms with E-state index >= 15 is 0 Å². The maximum absolute atomic E-state index is 12.5. The van der Waals surface area contributed by atoms with Gasteiger partial charge in [0.1, 0.15) is 0 Å². The number of aryl methyl sites for hydroxylation is 2. The number of hydrogen-bond donors (Lipinski definition) is 1. The van der Waals surface area contributed by atoms with E-state index in [1.807, 2.05) is 12.1 Å². The van der Waals surface area contributed by atoms with Gasteiger partial charge in [-0.25, -0.2) is 0 Å². The summed E-state index contributed by atoms with van der Waals surface area (Å²) in [6.45, 7) is 4.82. The van der Waals surface area contributed by atoms with Gasteiger partial charge >= 0.3 is 0 Å². The van der Waals surface area contributed by atoms with Crippen LogP contribution in [0.5, 0.6) is 0 Å². The van der Waals surface area contributed by atoms with Crippen molar-refractivity contribution in [2.75, 3.05) is 37.6 Å². The smallest absolute Gasteiger partial charge is 0.180 e. The van der Waals surface area contributed by atoms with E-state index in [9.17, 15) is 4.79 Å². The van der Waals surface area contributed by atoms with Crippen molar-refractivity contribution >= 4 is 23.1 Å². The van der Waals surface area contributed by atoms with E-state index in [0.717, 1.165) is 56.3 Å². The molecule has 1 aromatic carbocycles. The number of carbonyl (C=O) groups is 1. The van der Waals surface area contributed by atoms with Gasteiger partial charge in [-0.15, -0.1) is 0 Å². The summed E-state index contributed by atoms with van der Waals surface area (Å²) in [7, 11) is 0. The molecule has 26 heavy (non-hydrogen) atoms. The third kappa shape index (κ3) is 3.97. The first-order valence-electron chi connectivity index (χ1n) is 9.66. The zero-order chi connectivity index (χ0) is 17.9. The molecule has 1 aliphatic carbocycles. The Bertz CT molecular complexity index is 737. The minimum absolute atomic E-state index is 0.250. The van der Waals surface area contributed by atoms with Gasteiger partial charge in [0.15, 0.2) is 5.78 Å². The van der Waals surface area contributed by atoms with Gasteiger partial charge in [-0.3, -0.25) is 9.69 Å². The predicted molar refractivity (Wildman–Crippen MR) is 106 cm³/mol. The lowest BCUT2D eigenvalue weighted by atomic mass is 9.98. The highest BCUT2D eigenvalue weighted by atomic mass is 35.5. The lowest BCUT2D eigenvalue weighted by Crippen LogP contribution is -2.46. The second-order valence-corrected chi connectivity index (χ2v) is 7.81. The number of anilines is 1. The summed E-state index contributed by atoms with van der Waals surface area (Å²) in [4.78, 5) is 20.7. The van der Waals surface area contributed by atoms with Crippen molar-refractivity contribution in [3.63, 3.8) is 0 Å². The van der Waals surface area contributed by atoms with Crippen LogP contribution in [0.2, 0.25) is 5.02 Å². The predicted octanol–water partition coefficient (Wildman–Crippen LogP) is 3.94. The third-order valence-electron chi connectivity index (χ3n) is 5.63. The number of benzene rings is 1. The summed E-state index contributed by atoms with van der Waals surface area (Å²) in [6, 6.07) is 10.1. The molecule has 2 heterocycles. The largest absolute Gasteiger partial charge is 0.369 e. The van der Waals surface area contributed by atoms with Crippen LogP contribution in [0, 0.1) is 0 Å². The Labute approximate surface area is 160 Å². The molecule has 1 N–H and O–H groups in total. The van der Waals surface area contributed by atoms with Crippen molar-refractivity contribution in [1.82, 2.24) is 9.88 Å². The van der Waals surface area contributed by atoms with Crippen molar-refractivity contribution in [2.45, 2.75) is 32.1 Å². The van der Waals surface area contributed by atoms with Crippen LogP contribution in [0.15, 0.2) is 30.3 Å². The summed E-state index contributed by atoms with van der Waals surface area (Å²) < 4.78 is 0. The van der Waals surface area contributed by atoms with Gasteiger partial charge in [-0.1, -0.05) is 11.6 Å². The van der Waals surface area contributed by atoms with E-state index in [1.165, 1.54) is 29.8 Å². The molecule has 0 atom stereocenters. The number of Topliss-reactive ketones (excluding diaryl/α,β-unsaturated/α-hetero) is 1. The highest BCUT2D eigenvalue weighted by Crippen LogP contribution is 2.23. The van der Waals surface area contributed by atoms with E-state index < -0.39 is 0 Å². The van der Waals surface area contributed by atoms with Crippen LogP contribution < -0.4 is 4.90 Å². The molecule has 1 aliphatic heterocycles. The molecule has 1 aromatic heterocycles. The highest BCUT2D eigenvalue weighted by molar-refractivity contribution is 6.30. The lowest BCUT2D eigenvalue weighted by molar-refractivity contribution is 0.0958. The van der Waals surface area contributed by atoms with E-state index in [-0.39, 0.29) is 5.78 Å². The second kappa shape index (κ2) is 7.85. The van der Waals surface area contributed by atoms with Crippen LogP contribution in [0.3, 0.4) is 0 Å². The van der Waals surface area contributed by atoms with Gasteiger partial charge in [0.2, 0.25) is 0 Å². The molecular formula is C21H26ClN3O. The normalized spacial score (nSPS) is 18.0. The first-order chi connectivity index (χ1) is 12.7. The van der Waals surface area contributed by atoms with Crippen molar-refractivity contribution in [1.29, 1.82) is 0 Å². The monoisotopic (exact) mass is 371 g/mol. The molecule has 0 radical (unpaired) electrons. The zero-order valence-electron chi connectivity index (χ0n) is 15.1. The SMILES string of the molecule is O=C(CCN1CCN(c2ccc(Cl)cc2)CC1)c1cc2c([nH]1)CCCC2. The number of rotatable bonds is 5. The minimum atomic E-state index is 0.250. The number of H-pyrrole nitrogens is 1. The van der Waals surface area contributed by atoms with E-state index in [4.69, 9.17) is 11.6 Å². The number of nitrogens with one attached hydrogen (secondary N) is 1. The van der Waals surface area contributed by atoms with Crippen LogP contribution in [0.25, 0.3) is 0 Å². The number of piperazine rings is 1. The quantitative estimate of drug-likeness (QED) is 0.809. The molecule has 2 aromatic rings. The first-order valence-corrected chi connectivity index (χ1v) is 10.0. The Morgan fingerprint density at radius 3 is 2.50 bits per heavy atom. The van der Waals surface area contributed by atoms with Gasteiger partial charge in [0.05, 0.1) is 5.69 Å². The Hall–Kier alpha value is -1.78. The van der Waals surface area contributed by atoms with E-state index in [0.29, 0.717) is 6.42 Å². The Kier molecular flexibility index (Phi) is 5.32. The summed E-state index contributed by atoms with van der Waals surface area (Å²) in [5.74, 6) is 0.250. The van der Waals surface area contributed by atoms with Crippen molar-refractivity contribution in [3.05, 3.63) is 52.3 Å². The number of hydrogen-bond acceptors (Lipinski definition) is 3. The van der Waals surface area contributed by atoms with Crippen molar-refractivity contribution in [3.8, 4) is 0 Å². The van der Waals surface area contributed by atoms with Crippen LogP contribution >= 0.6 is 11.6 Å². The Morgan fingerprint density at radius 1 is 1.04 bits per heavy atom. The maximum Gasteiger partial charge on any atom is 0.180 e. The van der Waals surface area contributed by atoms with Gasteiger partial charge in [-0.05, 0) is 61.6 Å². The van der Waals surface area contributed by atoms with Gasteiger partial charge < -0.3 is 9.88 Å². The van der Waals surface area contributed by atoms with Crippen LogP contribution in [0.4, 0.5) is 5.69 Å². The molecule has 0 unspecified atom stereocenters. The summed E-state index contributed by atoms with van der Waals surface area (Å²) in [5.41, 5.74) is 4.69. The van der Waals surface area contributed by atoms with Gasteiger partial charge in [-0.2, -0.15) is 0 Å². The molecule has 1 fully saturated rings. The molecule has 138 valence electrons. The first kappa shape index (κ1) is 17.6. The summed E-state index contributed by atoms with van der Waals surface area (Å²) in [6.07, 6.45) is 5.29. The molecule has 0 bridgehead atoms. The standard InChI is InChI=1S/C21H26ClN3O/c22-17-5-7-18(8-6-17)25-13-11-24(12-14-25)10-9-21(26)20-15-16-3-1-2-4-19(16)23-20/h5-8,15,23H,1-4,9-14H2. The summed E-state index contributed by atoms with van der Waals surface area (Å²) in [5, 5.41) is 0.775. The number of halogens is 1.